The van der Waals surface area contributed by atoms with Gasteiger partial charge in [0, 0.05) is 24.5 Å². The van der Waals surface area contributed by atoms with Crippen molar-refractivity contribution in [1.82, 2.24) is 15.6 Å². The van der Waals surface area contributed by atoms with E-state index < -0.39 is 5.91 Å². The first kappa shape index (κ1) is 23.4. The number of nitrogens with zero attached hydrogens (tertiary/aromatic N) is 1. The maximum Gasteiger partial charge on any atom is 0.268 e. The number of pyridine rings is 1. The Balaban J connectivity index is 1.57. The Morgan fingerprint density at radius 3 is 2.40 bits per heavy atom. The monoisotopic (exact) mass is 463 g/mol. The van der Waals surface area contributed by atoms with Crippen LogP contribution < -0.4 is 15.4 Å². The Morgan fingerprint density at radius 2 is 1.66 bits per heavy atom. The van der Waals surface area contributed by atoms with Crippen LogP contribution in [0.5, 0.6) is 11.5 Å². The highest BCUT2D eigenvalue weighted by Crippen LogP contribution is 2.22. The minimum absolute atomic E-state index is 0.122. The Hall–Kier alpha value is -4.71. The summed E-state index contributed by atoms with van der Waals surface area (Å²) in [6.45, 7) is 2.23. The number of carbonyl (C=O) groups is 2. The lowest BCUT2D eigenvalue weighted by molar-refractivity contribution is -0.117. The summed E-state index contributed by atoms with van der Waals surface area (Å²) in [5.74, 6) is 0.536. The van der Waals surface area contributed by atoms with Gasteiger partial charge in [-0.2, -0.15) is 0 Å². The molecule has 3 aromatic carbocycles. The Kier molecular flexibility index (Phi) is 7.66. The summed E-state index contributed by atoms with van der Waals surface area (Å²) in [7, 11) is 0. The number of benzene rings is 3. The molecule has 35 heavy (non-hydrogen) atoms. The van der Waals surface area contributed by atoms with Gasteiger partial charge >= 0.3 is 0 Å². The van der Waals surface area contributed by atoms with Crippen molar-refractivity contribution in [1.29, 1.82) is 0 Å². The fourth-order valence-electron chi connectivity index (χ4n) is 3.30. The highest BCUT2D eigenvalue weighted by molar-refractivity contribution is 6.05. The summed E-state index contributed by atoms with van der Waals surface area (Å²) in [5.41, 5.74) is 3.18. The SMILES string of the molecule is Cc1ccc(C(=O)NC(=Cc2cccc(Oc3ccccc3)c2)C(=O)NCc2cccnc2)cc1. The molecule has 4 aromatic rings. The first-order valence-corrected chi connectivity index (χ1v) is 11.2. The van der Waals surface area contributed by atoms with E-state index in [9.17, 15) is 9.59 Å². The van der Waals surface area contributed by atoms with Gasteiger partial charge in [-0.1, -0.05) is 54.1 Å². The summed E-state index contributed by atoms with van der Waals surface area (Å²) < 4.78 is 5.90. The maximum atomic E-state index is 13.1. The van der Waals surface area contributed by atoms with Gasteiger partial charge in [0.25, 0.3) is 11.8 Å². The van der Waals surface area contributed by atoms with Gasteiger partial charge in [0.1, 0.15) is 17.2 Å². The lowest BCUT2D eigenvalue weighted by Crippen LogP contribution is -2.34. The number of hydrogen-bond acceptors (Lipinski definition) is 4. The molecular formula is C29H25N3O3. The molecule has 0 aliphatic carbocycles. The van der Waals surface area contributed by atoms with Crippen LogP contribution in [-0.4, -0.2) is 16.8 Å². The third-order valence-corrected chi connectivity index (χ3v) is 5.13. The molecule has 4 rings (SSSR count). The number of aromatic nitrogens is 1. The molecule has 6 nitrogen and oxygen atoms in total. The molecule has 6 heteroatoms. The topological polar surface area (TPSA) is 80.3 Å². The average molecular weight is 464 g/mol. The number of carbonyl (C=O) groups excluding carboxylic acids is 2. The first-order valence-electron chi connectivity index (χ1n) is 11.2. The lowest BCUT2D eigenvalue weighted by atomic mass is 10.1. The number of hydrogen-bond donors (Lipinski definition) is 2. The van der Waals surface area contributed by atoms with Crippen LogP contribution in [0.25, 0.3) is 6.08 Å². The summed E-state index contributed by atoms with van der Waals surface area (Å²) in [6, 6.07) is 27.6. The zero-order valence-corrected chi connectivity index (χ0v) is 19.3. The quantitative estimate of drug-likeness (QED) is 0.349. The van der Waals surface area contributed by atoms with E-state index in [1.54, 1.807) is 42.7 Å². The van der Waals surface area contributed by atoms with Crippen molar-refractivity contribution in [2.75, 3.05) is 0 Å². The molecule has 0 saturated carbocycles. The molecule has 1 heterocycles. The molecular weight excluding hydrogens is 438 g/mol. The molecule has 2 N–H and O–H groups in total. The van der Waals surface area contributed by atoms with Crippen LogP contribution >= 0.6 is 0 Å². The van der Waals surface area contributed by atoms with E-state index >= 15 is 0 Å². The van der Waals surface area contributed by atoms with Gasteiger partial charge in [0.05, 0.1) is 0 Å². The Bertz CT molecular complexity index is 1320. The molecule has 0 saturated heterocycles. The molecule has 0 aliphatic heterocycles. The Morgan fingerprint density at radius 1 is 0.886 bits per heavy atom. The number of para-hydroxylation sites is 1. The molecule has 2 amide bonds. The van der Waals surface area contributed by atoms with Crippen molar-refractivity contribution in [3.8, 4) is 11.5 Å². The van der Waals surface area contributed by atoms with Gasteiger partial charge in [-0.25, -0.2) is 0 Å². The second kappa shape index (κ2) is 11.4. The standard InChI is InChI=1S/C29H25N3O3/c1-21-12-14-24(15-13-21)28(33)32-27(29(34)31-20-23-8-6-16-30-19-23)18-22-7-5-11-26(17-22)35-25-9-3-2-4-10-25/h2-19H,20H2,1H3,(H,31,34)(H,32,33). The van der Waals surface area contributed by atoms with Gasteiger partial charge in [0.15, 0.2) is 0 Å². The zero-order valence-electron chi connectivity index (χ0n) is 19.3. The van der Waals surface area contributed by atoms with Crippen molar-refractivity contribution in [3.63, 3.8) is 0 Å². The van der Waals surface area contributed by atoms with Crippen molar-refractivity contribution in [2.45, 2.75) is 13.5 Å². The van der Waals surface area contributed by atoms with E-state index in [4.69, 9.17) is 4.74 Å². The molecule has 0 atom stereocenters. The number of amides is 2. The molecule has 1 aromatic heterocycles. The van der Waals surface area contributed by atoms with E-state index in [2.05, 4.69) is 15.6 Å². The average Bonchev–Trinajstić information content (AvgIpc) is 2.88. The second-order valence-electron chi connectivity index (χ2n) is 7.91. The van der Waals surface area contributed by atoms with Crippen molar-refractivity contribution < 1.29 is 14.3 Å². The van der Waals surface area contributed by atoms with Crippen LogP contribution in [0.4, 0.5) is 0 Å². The van der Waals surface area contributed by atoms with Gasteiger partial charge in [-0.05, 0) is 66.6 Å². The van der Waals surface area contributed by atoms with E-state index in [0.717, 1.165) is 11.1 Å². The second-order valence-corrected chi connectivity index (χ2v) is 7.91. The smallest absolute Gasteiger partial charge is 0.268 e. The van der Waals surface area contributed by atoms with Crippen LogP contribution in [0.3, 0.4) is 0 Å². The number of nitrogens with one attached hydrogen (secondary N) is 2. The fourth-order valence-corrected chi connectivity index (χ4v) is 3.30. The van der Waals surface area contributed by atoms with Crippen LogP contribution in [0.2, 0.25) is 0 Å². The van der Waals surface area contributed by atoms with Gasteiger partial charge in [0.2, 0.25) is 0 Å². The largest absolute Gasteiger partial charge is 0.457 e. The van der Waals surface area contributed by atoms with Gasteiger partial charge in [-0.15, -0.1) is 0 Å². The van der Waals surface area contributed by atoms with Crippen molar-refractivity contribution in [3.05, 3.63) is 131 Å². The van der Waals surface area contributed by atoms with Crippen LogP contribution in [0.1, 0.15) is 27.0 Å². The molecule has 174 valence electrons. The molecule has 0 spiro atoms. The third kappa shape index (κ3) is 6.88. The van der Waals surface area contributed by atoms with E-state index in [1.807, 2.05) is 73.7 Å². The van der Waals surface area contributed by atoms with Crippen LogP contribution in [0, 0.1) is 6.92 Å². The van der Waals surface area contributed by atoms with Crippen LogP contribution in [0.15, 0.2) is 109 Å². The molecule has 0 aliphatic rings. The predicted molar refractivity (Wildman–Crippen MR) is 136 cm³/mol. The summed E-state index contributed by atoms with van der Waals surface area (Å²) in [5, 5.41) is 5.61. The summed E-state index contributed by atoms with van der Waals surface area (Å²) in [4.78, 5) is 30.0. The normalized spacial score (nSPS) is 10.9. The van der Waals surface area contributed by atoms with E-state index in [0.29, 0.717) is 22.6 Å². The summed E-state index contributed by atoms with van der Waals surface area (Å²) in [6.07, 6.45) is 4.98. The van der Waals surface area contributed by atoms with E-state index in [1.165, 1.54) is 0 Å². The molecule has 0 fully saturated rings. The molecule has 0 unspecified atom stereocenters. The first-order chi connectivity index (χ1) is 17.1. The fraction of sp³-hybridized carbons (Fsp3) is 0.0690. The minimum Gasteiger partial charge on any atom is -0.457 e. The van der Waals surface area contributed by atoms with E-state index in [-0.39, 0.29) is 18.1 Å². The number of aryl methyl sites for hydroxylation is 1. The maximum absolute atomic E-state index is 13.1. The third-order valence-electron chi connectivity index (χ3n) is 5.13. The minimum atomic E-state index is -0.413. The Labute approximate surface area is 204 Å². The highest BCUT2D eigenvalue weighted by atomic mass is 16.5. The van der Waals surface area contributed by atoms with Crippen molar-refractivity contribution in [2.24, 2.45) is 0 Å². The predicted octanol–water partition coefficient (Wildman–Crippen LogP) is 5.27. The summed E-state index contributed by atoms with van der Waals surface area (Å²) >= 11 is 0. The zero-order chi connectivity index (χ0) is 24.5. The van der Waals surface area contributed by atoms with Gasteiger partial charge < -0.3 is 15.4 Å². The number of ether oxygens (including phenoxy) is 1. The lowest BCUT2D eigenvalue weighted by Gasteiger charge is -2.12. The van der Waals surface area contributed by atoms with Crippen molar-refractivity contribution >= 4 is 17.9 Å². The molecule has 0 bridgehead atoms. The number of rotatable bonds is 8. The highest BCUT2D eigenvalue weighted by Gasteiger charge is 2.15. The van der Waals surface area contributed by atoms with Gasteiger partial charge in [-0.3, -0.25) is 14.6 Å². The van der Waals surface area contributed by atoms with Crippen LogP contribution in [-0.2, 0) is 11.3 Å². The molecule has 0 radical (unpaired) electrons.